The molecule has 3 heterocycles. The lowest BCUT2D eigenvalue weighted by Gasteiger charge is -2.37. The number of pyridine rings is 1. The number of nitrogens with two attached hydrogens (primary N) is 1. The highest BCUT2D eigenvalue weighted by Crippen LogP contribution is 2.37. The molecule has 2 saturated heterocycles. The third-order valence-corrected chi connectivity index (χ3v) is 10.3. The van der Waals surface area contributed by atoms with Gasteiger partial charge in [-0.3, -0.25) is 4.79 Å². The first kappa shape index (κ1) is 29.6. The van der Waals surface area contributed by atoms with E-state index in [-0.39, 0.29) is 53.8 Å². The van der Waals surface area contributed by atoms with Gasteiger partial charge in [0.15, 0.2) is 0 Å². The normalized spacial score (nSPS) is 20.4. The first-order valence-electron chi connectivity index (χ1n) is 13.0. The number of halogens is 1. The molecule has 2 aliphatic heterocycles. The summed E-state index contributed by atoms with van der Waals surface area (Å²) in [5.41, 5.74) is -1.32. The fourth-order valence-corrected chi connectivity index (χ4v) is 7.32. The molecule has 2 aromatic carbocycles. The van der Waals surface area contributed by atoms with Gasteiger partial charge in [0, 0.05) is 43.3 Å². The molecule has 0 saturated carbocycles. The van der Waals surface area contributed by atoms with E-state index in [0.717, 1.165) is 6.20 Å². The van der Waals surface area contributed by atoms with Crippen LogP contribution in [0.15, 0.2) is 63.2 Å². The molecule has 2 aliphatic rings. The maximum absolute atomic E-state index is 14.0. The van der Waals surface area contributed by atoms with Crippen LogP contribution in [-0.4, -0.2) is 81.8 Å². The summed E-state index contributed by atoms with van der Waals surface area (Å²) in [7, 11) is -7.98. The largest absolute Gasteiger partial charge is 0.491 e. The number of primary sulfonamides is 1. The smallest absolute Gasteiger partial charge is 0.248 e. The molecule has 2 atom stereocenters. The second kappa shape index (κ2) is 11.4. The number of aromatic nitrogens is 1. The number of hydrogen-bond donors (Lipinski definition) is 4. The molecule has 222 valence electrons. The number of piperidine rings is 1. The van der Waals surface area contributed by atoms with E-state index in [4.69, 9.17) is 14.6 Å². The number of aliphatic hydroxyl groups excluding tert-OH is 1. The number of hydrogen-bond acceptors (Lipinski definition) is 9. The van der Waals surface area contributed by atoms with Crippen molar-refractivity contribution in [2.45, 2.75) is 46.8 Å². The fourth-order valence-electron chi connectivity index (χ4n) is 5.28. The topological polar surface area (TPSA) is 181 Å². The zero-order valence-electron chi connectivity index (χ0n) is 22.0. The Morgan fingerprint density at radius 2 is 1.93 bits per heavy atom. The highest BCUT2D eigenvalue weighted by atomic mass is 32.2. The number of H-pyrrole nitrogens is 1. The first-order valence-corrected chi connectivity index (χ1v) is 16.0. The van der Waals surface area contributed by atoms with Crippen molar-refractivity contribution in [3.63, 3.8) is 0 Å². The molecule has 5 N–H and O–H groups in total. The predicted molar refractivity (Wildman–Crippen MR) is 147 cm³/mol. The molecule has 0 bridgehead atoms. The summed E-state index contributed by atoms with van der Waals surface area (Å²) in [4.78, 5) is 15.0. The van der Waals surface area contributed by atoms with Gasteiger partial charge >= 0.3 is 0 Å². The van der Waals surface area contributed by atoms with E-state index in [2.05, 4.69) is 10.3 Å². The number of para-hydroxylation sites is 1. The van der Waals surface area contributed by atoms with Crippen LogP contribution in [0.4, 0.5) is 4.39 Å². The Morgan fingerprint density at radius 3 is 2.66 bits per heavy atom. The number of ether oxygens (including phenoxy) is 2. The summed E-state index contributed by atoms with van der Waals surface area (Å²) in [6.07, 6.45) is 1.63. The van der Waals surface area contributed by atoms with E-state index in [1.807, 2.05) is 0 Å². The molecule has 0 amide bonds. The third-order valence-electron chi connectivity index (χ3n) is 7.51. The number of benzene rings is 2. The second-order valence-electron chi connectivity index (χ2n) is 10.3. The molecule has 41 heavy (non-hydrogen) atoms. The van der Waals surface area contributed by atoms with E-state index in [1.54, 1.807) is 6.07 Å². The zero-order chi connectivity index (χ0) is 29.4. The minimum absolute atomic E-state index is 0.0304. The van der Waals surface area contributed by atoms with Crippen LogP contribution in [0.5, 0.6) is 5.75 Å². The van der Waals surface area contributed by atoms with Gasteiger partial charge in [-0.2, -0.15) is 4.31 Å². The minimum Gasteiger partial charge on any atom is -0.491 e. The van der Waals surface area contributed by atoms with Crippen molar-refractivity contribution in [2.24, 2.45) is 5.14 Å². The summed E-state index contributed by atoms with van der Waals surface area (Å²) in [5.74, 6) is -0.377. The van der Waals surface area contributed by atoms with Crippen LogP contribution in [0.25, 0.3) is 10.9 Å². The first-order chi connectivity index (χ1) is 19.4. The molecule has 3 aromatic rings. The van der Waals surface area contributed by atoms with Gasteiger partial charge in [-0.15, -0.1) is 0 Å². The van der Waals surface area contributed by atoms with Crippen molar-refractivity contribution in [1.82, 2.24) is 14.6 Å². The number of nitrogens with zero attached hydrogens (tertiary/aromatic N) is 1. The molecule has 15 heteroatoms. The van der Waals surface area contributed by atoms with Crippen molar-refractivity contribution < 1.29 is 35.8 Å². The molecule has 1 spiro atoms. The van der Waals surface area contributed by atoms with Crippen LogP contribution in [0.1, 0.15) is 19.3 Å². The maximum Gasteiger partial charge on any atom is 0.248 e. The summed E-state index contributed by atoms with van der Waals surface area (Å²) in [6, 6.07) is 9.55. The van der Waals surface area contributed by atoms with Gasteiger partial charge < -0.3 is 24.9 Å². The predicted octanol–water partition coefficient (Wildman–Crippen LogP) is 0.656. The number of aliphatic hydroxyl groups is 1. The number of rotatable bonds is 9. The maximum atomic E-state index is 14.0. The highest BCUT2D eigenvalue weighted by Gasteiger charge is 2.45. The molecule has 5 rings (SSSR count). The Balaban J connectivity index is 1.13. The molecule has 2 unspecified atom stereocenters. The number of nitrogens with one attached hydrogen (secondary N) is 2. The van der Waals surface area contributed by atoms with Crippen molar-refractivity contribution in [3.8, 4) is 5.75 Å². The Morgan fingerprint density at radius 1 is 1.20 bits per heavy atom. The average Bonchev–Trinajstić information content (AvgIpc) is 3.33. The highest BCUT2D eigenvalue weighted by molar-refractivity contribution is 7.89. The van der Waals surface area contributed by atoms with E-state index >= 15 is 0 Å². The minimum atomic E-state index is -4.11. The van der Waals surface area contributed by atoms with Crippen molar-refractivity contribution in [3.05, 3.63) is 64.7 Å². The van der Waals surface area contributed by atoms with Gasteiger partial charge in [0.25, 0.3) is 0 Å². The van der Waals surface area contributed by atoms with E-state index in [9.17, 15) is 31.1 Å². The zero-order valence-corrected chi connectivity index (χ0v) is 23.6. The van der Waals surface area contributed by atoms with Gasteiger partial charge in [-0.1, -0.05) is 12.1 Å². The number of aromatic amines is 1. The van der Waals surface area contributed by atoms with E-state index < -0.39 is 47.9 Å². The summed E-state index contributed by atoms with van der Waals surface area (Å²) in [6.45, 7) is 0.818. The average molecular weight is 611 g/mol. The summed E-state index contributed by atoms with van der Waals surface area (Å²) < 4.78 is 76.4. The van der Waals surface area contributed by atoms with Gasteiger partial charge in [0.1, 0.15) is 29.2 Å². The molecular formula is C26H31FN4O8S2. The lowest BCUT2D eigenvalue weighted by molar-refractivity contribution is -0.0312. The monoisotopic (exact) mass is 610 g/mol. The summed E-state index contributed by atoms with van der Waals surface area (Å²) >= 11 is 0. The lowest BCUT2D eigenvalue weighted by atomic mass is 9.88. The molecule has 0 aliphatic carbocycles. The van der Waals surface area contributed by atoms with Crippen LogP contribution < -0.4 is 20.6 Å². The molecule has 2 fully saturated rings. The molecule has 0 radical (unpaired) electrons. The van der Waals surface area contributed by atoms with Gasteiger partial charge in [-0.25, -0.2) is 26.4 Å². The Kier molecular flexibility index (Phi) is 8.22. The second-order valence-corrected chi connectivity index (χ2v) is 13.8. The van der Waals surface area contributed by atoms with Crippen molar-refractivity contribution >= 4 is 30.9 Å². The van der Waals surface area contributed by atoms with E-state index in [0.29, 0.717) is 25.9 Å². The molecular weight excluding hydrogens is 579 g/mol. The number of sulfonamides is 2. The number of fused-ring (bicyclic) bond motifs is 1. The summed E-state index contributed by atoms with van der Waals surface area (Å²) in [5, 5.41) is 18.7. The SMILES string of the molecule is NS(=O)(=O)c1cccc(OCC(O)CNC2COC3(CCN(S(=O)(=O)c4c[nH]c5c(F)cccc5c4=O)CC3)C2)c1. The van der Waals surface area contributed by atoms with E-state index in [1.165, 1.54) is 40.7 Å². The standard InChI is InChI=1S/C26H31FN4O8S2/c27-22-6-2-5-21-24(22)30-14-23(25(21)33)41(36,37)31-9-7-26(8-10-31)12-17(15-39-26)29-13-18(32)16-38-19-3-1-4-20(11-19)40(28,34)35/h1-6,11,14,17-18,29,32H,7-10,12-13,15-16H2,(H,30,33)(H2,28,34,35). The van der Waals surface area contributed by atoms with Crippen LogP contribution >= 0.6 is 0 Å². The third kappa shape index (κ3) is 6.30. The van der Waals surface area contributed by atoms with Gasteiger partial charge in [0.05, 0.1) is 22.6 Å². The van der Waals surface area contributed by atoms with Crippen molar-refractivity contribution in [1.29, 1.82) is 0 Å². The van der Waals surface area contributed by atoms with Crippen LogP contribution in [0.3, 0.4) is 0 Å². The Labute approximate surface area is 236 Å². The van der Waals surface area contributed by atoms with Crippen LogP contribution in [-0.2, 0) is 24.8 Å². The van der Waals surface area contributed by atoms with Gasteiger partial charge in [0.2, 0.25) is 25.5 Å². The Bertz CT molecular complexity index is 1710. The quantitative estimate of drug-likeness (QED) is 0.271. The lowest BCUT2D eigenvalue weighted by Crippen LogP contribution is -2.47. The van der Waals surface area contributed by atoms with Crippen LogP contribution in [0, 0.1) is 5.82 Å². The van der Waals surface area contributed by atoms with Gasteiger partial charge in [-0.05, 0) is 43.5 Å². The Hall–Kier alpha value is -2.92. The fraction of sp³-hybridized carbons (Fsp3) is 0.423. The van der Waals surface area contributed by atoms with Crippen LogP contribution in [0.2, 0.25) is 0 Å². The molecule has 12 nitrogen and oxygen atoms in total. The molecule has 1 aromatic heterocycles. The van der Waals surface area contributed by atoms with Crippen molar-refractivity contribution in [2.75, 3.05) is 32.8 Å².